The first-order valence-electron chi connectivity index (χ1n) is 9.51. The van der Waals surface area contributed by atoms with E-state index in [-0.39, 0.29) is 16.7 Å². The van der Waals surface area contributed by atoms with Crippen LogP contribution in [0.15, 0.2) is 0 Å². The summed E-state index contributed by atoms with van der Waals surface area (Å²) in [6, 6.07) is 0.317. The summed E-state index contributed by atoms with van der Waals surface area (Å²) in [6.07, 6.45) is 5.76. The molecular formula is C20H35NO2. The third-order valence-electron chi connectivity index (χ3n) is 7.06. The van der Waals surface area contributed by atoms with Gasteiger partial charge in [-0.25, -0.2) is 0 Å². The molecule has 2 bridgehead atoms. The fourth-order valence-electron chi connectivity index (χ4n) is 5.98. The SMILES string of the molecule is CCC(=O)N[C@@H]1C(C)(C)[C@@H]2C[C@@H]3[C@@H](CC(C)(C)C)OCCC31C2. The van der Waals surface area contributed by atoms with Crippen molar-refractivity contribution in [3.63, 3.8) is 0 Å². The summed E-state index contributed by atoms with van der Waals surface area (Å²) in [5.74, 6) is 1.55. The van der Waals surface area contributed by atoms with Gasteiger partial charge in [0, 0.05) is 19.1 Å². The standard InChI is InChI=1S/C20H35NO2/c1-7-16(22)21-17-19(5,6)13-10-14-15(12-18(2,3)4)23-9-8-20(14,17)11-13/h13-15,17H,7-12H2,1-6H3,(H,21,22)/t13-,14-,15-,17-,20?/m1/s1. The number of fused-ring (bicyclic) bond motifs is 1. The average molecular weight is 322 g/mol. The number of nitrogens with one attached hydrogen (secondary N) is 1. The van der Waals surface area contributed by atoms with Gasteiger partial charge in [0.25, 0.3) is 0 Å². The van der Waals surface area contributed by atoms with Crippen molar-refractivity contribution in [3.8, 4) is 0 Å². The van der Waals surface area contributed by atoms with Crippen LogP contribution in [0.1, 0.15) is 73.6 Å². The van der Waals surface area contributed by atoms with Crippen LogP contribution in [-0.2, 0) is 9.53 Å². The van der Waals surface area contributed by atoms with Crippen molar-refractivity contribution in [1.82, 2.24) is 5.32 Å². The van der Waals surface area contributed by atoms with E-state index in [1.807, 2.05) is 6.92 Å². The van der Waals surface area contributed by atoms with E-state index in [1.165, 1.54) is 12.8 Å². The first kappa shape index (κ1) is 17.3. The monoisotopic (exact) mass is 321 g/mol. The molecule has 1 aliphatic heterocycles. The molecule has 132 valence electrons. The number of hydrogen-bond donors (Lipinski definition) is 1. The number of carbonyl (C=O) groups excluding carboxylic acids is 1. The predicted octanol–water partition coefficient (Wildman–Crippen LogP) is 4.16. The molecule has 2 saturated carbocycles. The van der Waals surface area contributed by atoms with Gasteiger partial charge in [-0.1, -0.05) is 41.5 Å². The molecule has 2 aliphatic carbocycles. The van der Waals surface area contributed by atoms with Gasteiger partial charge >= 0.3 is 0 Å². The number of carbonyl (C=O) groups is 1. The molecule has 0 aromatic rings. The Balaban J connectivity index is 1.89. The minimum absolute atomic E-state index is 0.211. The largest absolute Gasteiger partial charge is 0.378 e. The Hall–Kier alpha value is -0.570. The molecular weight excluding hydrogens is 286 g/mol. The van der Waals surface area contributed by atoms with Crippen molar-refractivity contribution in [1.29, 1.82) is 0 Å². The minimum atomic E-state index is 0.211. The van der Waals surface area contributed by atoms with Crippen LogP contribution in [0.2, 0.25) is 0 Å². The quantitative estimate of drug-likeness (QED) is 0.847. The van der Waals surface area contributed by atoms with Crippen molar-refractivity contribution in [3.05, 3.63) is 0 Å². The second-order valence-electron chi connectivity index (χ2n) is 10.1. The van der Waals surface area contributed by atoms with E-state index in [4.69, 9.17) is 4.74 Å². The molecule has 3 heteroatoms. The van der Waals surface area contributed by atoms with E-state index in [0.29, 0.717) is 29.9 Å². The summed E-state index contributed by atoms with van der Waals surface area (Å²) in [7, 11) is 0. The Bertz CT molecular complexity index is 479. The number of amides is 1. The van der Waals surface area contributed by atoms with Crippen molar-refractivity contribution in [2.24, 2.45) is 28.1 Å². The summed E-state index contributed by atoms with van der Waals surface area (Å²) in [4.78, 5) is 12.2. The van der Waals surface area contributed by atoms with Crippen molar-refractivity contribution < 1.29 is 9.53 Å². The molecule has 23 heavy (non-hydrogen) atoms. The summed E-state index contributed by atoms with van der Waals surface area (Å²) >= 11 is 0. The second kappa shape index (κ2) is 5.47. The van der Waals surface area contributed by atoms with Crippen molar-refractivity contribution in [2.45, 2.75) is 85.8 Å². The Labute approximate surface area is 141 Å². The molecule has 1 unspecified atom stereocenters. The molecule has 3 rings (SSSR count). The predicted molar refractivity (Wildman–Crippen MR) is 93.1 cm³/mol. The van der Waals surface area contributed by atoms with Crippen LogP contribution in [0.25, 0.3) is 0 Å². The maximum atomic E-state index is 12.2. The molecule has 1 N–H and O–H groups in total. The van der Waals surface area contributed by atoms with Crippen LogP contribution in [0.3, 0.4) is 0 Å². The van der Waals surface area contributed by atoms with Crippen LogP contribution in [0, 0.1) is 28.1 Å². The number of hydrogen-bond acceptors (Lipinski definition) is 2. The van der Waals surface area contributed by atoms with Gasteiger partial charge in [0.15, 0.2) is 0 Å². The van der Waals surface area contributed by atoms with Gasteiger partial charge in [-0.05, 0) is 53.8 Å². The molecule has 3 fully saturated rings. The molecule has 3 nitrogen and oxygen atoms in total. The van der Waals surface area contributed by atoms with E-state index in [9.17, 15) is 4.79 Å². The van der Waals surface area contributed by atoms with E-state index in [2.05, 4.69) is 39.9 Å². The molecule has 0 aromatic carbocycles. The van der Waals surface area contributed by atoms with Crippen LogP contribution < -0.4 is 5.32 Å². The van der Waals surface area contributed by atoms with Crippen LogP contribution >= 0.6 is 0 Å². The van der Waals surface area contributed by atoms with Crippen molar-refractivity contribution >= 4 is 5.91 Å². The summed E-state index contributed by atoms with van der Waals surface area (Å²) in [5, 5.41) is 3.43. The maximum Gasteiger partial charge on any atom is 0.219 e. The van der Waals surface area contributed by atoms with E-state index >= 15 is 0 Å². The average Bonchev–Trinajstić information content (AvgIpc) is 2.91. The second-order valence-corrected chi connectivity index (χ2v) is 10.1. The normalized spacial score (nSPS) is 41.7. The third-order valence-corrected chi connectivity index (χ3v) is 7.06. The zero-order valence-corrected chi connectivity index (χ0v) is 15.9. The zero-order valence-electron chi connectivity index (χ0n) is 15.9. The van der Waals surface area contributed by atoms with Crippen LogP contribution in [0.4, 0.5) is 0 Å². The Morgan fingerprint density at radius 1 is 1.30 bits per heavy atom. The molecule has 0 radical (unpaired) electrons. The van der Waals surface area contributed by atoms with Gasteiger partial charge in [0.1, 0.15) is 0 Å². The summed E-state index contributed by atoms with van der Waals surface area (Å²) in [5.41, 5.74) is 0.779. The highest BCUT2D eigenvalue weighted by Crippen LogP contribution is 2.69. The van der Waals surface area contributed by atoms with E-state index in [0.717, 1.165) is 25.4 Å². The highest BCUT2D eigenvalue weighted by atomic mass is 16.5. The van der Waals surface area contributed by atoms with Gasteiger partial charge < -0.3 is 10.1 Å². The number of rotatable bonds is 3. The lowest BCUT2D eigenvalue weighted by Gasteiger charge is -2.54. The molecule has 1 saturated heterocycles. The van der Waals surface area contributed by atoms with Crippen LogP contribution in [0.5, 0.6) is 0 Å². The molecule has 5 atom stereocenters. The van der Waals surface area contributed by atoms with Gasteiger partial charge in [0.2, 0.25) is 5.91 Å². The molecule has 3 aliphatic rings. The molecule has 1 heterocycles. The first-order chi connectivity index (χ1) is 10.6. The maximum absolute atomic E-state index is 12.2. The van der Waals surface area contributed by atoms with Crippen molar-refractivity contribution in [2.75, 3.05) is 6.61 Å². The highest BCUT2D eigenvalue weighted by molar-refractivity contribution is 5.76. The lowest BCUT2D eigenvalue weighted by atomic mass is 9.58. The Morgan fingerprint density at radius 3 is 2.61 bits per heavy atom. The zero-order chi connectivity index (χ0) is 17.0. The van der Waals surface area contributed by atoms with Gasteiger partial charge in [0.05, 0.1) is 6.10 Å². The Kier molecular flexibility index (Phi) is 4.11. The fourth-order valence-corrected chi connectivity index (χ4v) is 5.98. The smallest absolute Gasteiger partial charge is 0.219 e. The lowest BCUT2D eigenvalue weighted by molar-refractivity contribution is -0.140. The third kappa shape index (κ3) is 2.73. The fraction of sp³-hybridized carbons (Fsp3) is 0.950. The summed E-state index contributed by atoms with van der Waals surface area (Å²) < 4.78 is 6.25. The molecule has 0 aromatic heterocycles. The Morgan fingerprint density at radius 2 is 2.00 bits per heavy atom. The first-order valence-corrected chi connectivity index (χ1v) is 9.51. The minimum Gasteiger partial charge on any atom is -0.378 e. The molecule has 1 amide bonds. The summed E-state index contributed by atoms with van der Waals surface area (Å²) in [6.45, 7) is 14.5. The van der Waals surface area contributed by atoms with Gasteiger partial charge in [-0.15, -0.1) is 0 Å². The lowest BCUT2D eigenvalue weighted by Crippen LogP contribution is -2.60. The number of ether oxygens (including phenoxy) is 1. The highest BCUT2D eigenvalue weighted by Gasteiger charge is 2.68. The topological polar surface area (TPSA) is 38.3 Å². The van der Waals surface area contributed by atoms with E-state index in [1.54, 1.807) is 0 Å². The van der Waals surface area contributed by atoms with Crippen LogP contribution in [-0.4, -0.2) is 24.7 Å². The van der Waals surface area contributed by atoms with Gasteiger partial charge in [-0.3, -0.25) is 4.79 Å². The van der Waals surface area contributed by atoms with Gasteiger partial charge in [-0.2, -0.15) is 0 Å². The van der Waals surface area contributed by atoms with E-state index < -0.39 is 0 Å². The molecule has 1 spiro atoms.